The van der Waals surface area contributed by atoms with Crippen molar-refractivity contribution in [3.05, 3.63) is 10.4 Å². The van der Waals surface area contributed by atoms with Crippen LogP contribution >= 0.6 is 11.5 Å². The predicted molar refractivity (Wildman–Crippen MR) is 104 cm³/mol. The number of anilines is 1. The van der Waals surface area contributed by atoms with Crippen LogP contribution in [0.5, 0.6) is 0 Å². The predicted octanol–water partition coefficient (Wildman–Crippen LogP) is 4.94. The Bertz CT molecular complexity index is 642. The molecule has 0 bridgehead atoms. The van der Waals surface area contributed by atoms with Gasteiger partial charge in [0.25, 0.3) is 0 Å². The number of methoxy groups -OCH3 is 1. The van der Waals surface area contributed by atoms with Gasteiger partial charge in [-0.1, -0.05) is 13.8 Å². The molecule has 9 heteroatoms. The Morgan fingerprint density at radius 3 is 1.67 bits per heavy atom. The van der Waals surface area contributed by atoms with Crippen molar-refractivity contribution in [1.29, 1.82) is 0 Å². The molecule has 0 saturated heterocycles. The highest BCUT2D eigenvalue weighted by Gasteiger charge is 2.36. The molecule has 0 saturated carbocycles. The largest absolute Gasteiger partial charge is 0.465 e. The first-order valence-electron chi connectivity index (χ1n) is 8.57. The van der Waals surface area contributed by atoms with E-state index in [0.717, 1.165) is 11.5 Å². The van der Waals surface area contributed by atoms with Gasteiger partial charge >= 0.3 is 18.2 Å². The van der Waals surface area contributed by atoms with Gasteiger partial charge in [0.1, 0.15) is 16.1 Å². The molecule has 0 N–H and O–H groups in total. The van der Waals surface area contributed by atoms with Gasteiger partial charge in [-0.25, -0.2) is 14.4 Å². The van der Waals surface area contributed by atoms with Gasteiger partial charge in [-0.15, -0.1) is 0 Å². The fourth-order valence-electron chi connectivity index (χ4n) is 1.68. The average Bonchev–Trinajstić information content (AvgIpc) is 2.87. The second-order valence-corrected chi connectivity index (χ2v) is 8.02. The molecule has 0 aliphatic heterocycles. The van der Waals surface area contributed by atoms with E-state index in [9.17, 15) is 14.4 Å². The number of amides is 2. The topological polar surface area (TPSA) is 95.0 Å². The smallest absolute Gasteiger partial charge is 0.425 e. The van der Waals surface area contributed by atoms with Crippen molar-refractivity contribution in [3.63, 3.8) is 0 Å². The summed E-state index contributed by atoms with van der Waals surface area (Å²) in [6.45, 7) is 15.6. The van der Waals surface area contributed by atoms with Crippen LogP contribution in [0, 0.1) is 6.92 Å². The van der Waals surface area contributed by atoms with Crippen LogP contribution in [0.3, 0.4) is 0 Å². The molecule has 1 heterocycles. The van der Waals surface area contributed by atoms with E-state index in [1.54, 1.807) is 48.5 Å². The molecular weight excluding hydrogens is 372 g/mol. The normalized spacial score (nSPS) is 11.0. The van der Waals surface area contributed by atoms with Crippen LogP contribution in [0.15, 0.2) is 0 Å². The lowest BCUT2D eigenvalue weighted by Gasteiger charge is -2.27. The van der Waals surface area contributed by atoms with E-state index in [4.69, 9.17) is 9.47 Å². The van der Waals surface area contributed by atoms with Gasteiger partial charge in [0, 0.05) is 5.56 Å². The Labute approximate surface area is 164 Å². The van der Waals surface area contributed by atoms with Gasteiger partial charge in [-0.3, -0.25) is 0 Å². The Morgan fingerprint density at radius 1 is 0.926 bits per heavy atom. The van der Waals surface area contributed by atoms with E-state index in [-0.39, 0.29) is 10.7 Å². The number of rotatable bonds is 2. The summed E-state index contributed by atoms with van der Waals surface area (Å²) in [5.74, 6) is -0.622. The summed E-state index contributed by atoms with van der Waals surface area (Å²) >= 11 is 0.826. The minimum Gasteiger partial charge on any atom is -0.465 e. The van der Waals surface area contributed by atoms with Gasteiger partial charge in [-0.2, -0.15) is 9.27 Å². The lowest BCUT2D eigenvalue weighted by atomic mass is 10.2. The van der Waals surface area contributed by atoms with Crippen LogP contribution in [0.4, 0.5) is 15.4 Å². The van der Waals surface area contributed by atoms with Crippen LogP contribution < -0.4 is 4.90 Å². The number of hydrogen-bond donors (Lipinski definition) is 0. The third kappa shape index (κ3) is 7.54. The molecule has 0 fully saturated rings. The van der Waals surface area contributed by atoms with Crippen LogP contribution in [-0.2, 0) is 14.2 Å². The molecule has 27 heavy (non-hydrogen) atoms. The standard InChI is InChI=1S/C16H24N2O6S.C2H6/c1-9-10(12(19)22-8)25-17-11(9)18(13(20)23-15(2,3)4)14(21)24-16(5,6)7;1-2/h1-8H3;1-2H3. The monoisotopic (exact) mass is 402 g/mol. The number of ether oxygens (including phenoxy) is 3. The molecule has 1 aromatic rings. The minimum absolute atomic E-state index is 0.0195. The third-order valence-corrected chi connectivity index (χ3v) is 3.55. The van der Waals surface area contributed by atoms with Gasteiger partial charge in [0.15, 0.2) is 5.82 Å². The van der Waals surface area contributed by atoms with E-state index < -0.39 is 29.4 Å². The SMILES string of the molecule is CC.COC(=O)c1snc(N(C(=O)OC(C)(C)C)C(=O)OC(C)(C)C)c1C. The van der Waals surface area contributed by atoms with Gasteiger partial charge < -0.3 is 14.2 Å². The van der Waals surface area contributed by atoms with Crippen molar-refractivity contribution in [2.75, 3.05) is 12.0 Å². The summed E-state index contributed by atoms with van der Waals surface area (Å²) in [5.41, 5.74) is -1.33. The lowest BCUT2D eigenvalue weighted by Crippen LogP contribution is -2.44. The molecule has 0 spiro atoms. The van der Waals surface area contributed by atoms with E-state index in [1.165, 1.54) is 7.11 Å². The lowest BCUT2D eigenvalue weighted by molar-refractivity contribution is 0.0427. The first-order chi connectivity index (χ1) is 12.3. The highest BCUT2D eigenvalue weighted by atomic mass is 32.1. The fraction of sp³-hybridized carbons (Fsp3) is 0.667. The maximum absolute atomic E-state index is 12.5. The zero-order valence-electron chi connectivity index (χ0n) is 17.8. The van der Waals surface area contributed by atoms with Gasteiger partial charge in [0.2, 0.25) is 0 Å². The van der Waals surface area contributed by atoms with E-state index >= 15 is 0 Å². The number of aromatic nitrogens is 1. The number of hydrogen-bond acceptors (Lipinski definition) is 8. The molecule has 8 nitrogen and oxygen atoms in total. The molecular formula is C18H30N2O6S. The quantitative estimate of drug-likeness (QED) is 0.510. The van der Waals surface area contributed by atoms with Crippen molar-refractivity contribution in [2.24, 2.45) is 0 Å². The fourth-order valence-corrected chi connectivity index (χ4v) is 2.46. The van der Waals surface area contributed by atoms with Crippen LogP contribution in [0.1, 0.15) is 70.6 Å². The van der Waals surface area contributed by atoms with Crippen molar-refractivity contribution >= 4 is 35.5 Å². The first-order valence-corrected chi connectivity index (χ1v) is 9.35. The molecule has 1 aromatic heterocycles. The summed E-state index contributed by atoms with van der Waals surface area (Å²) in [5, 5.41) is 0. The van der Waals surface area contributed by atoms with Crippen LogP contribution in [0.25, 0.3) is 0 Å². The molecule has 0 aromatic carbocycles. The number of imide groups is 1. The Hall–Kier alpha value is -2.16. The Kier molecular flexibility index (Phi) is 8.91. The van der Waals surface area contributed by atoms with Crippen molar-refractivity contribution in [1.82, 2.24) is 4.37 Å². The number of carbonyl (C=O) groups excluding carboxylic acids is 3. The highest BCUT2D eigenvalue weighted by Crippen LogP contribution is 2.29. The molecule has 0 atom stereocenters. The molecule has 0 aliphatic rings. The Balaban J connectivity index is 0.00000326. The van der Waals surface area contributed by atoms with Crippen LogP contribution in [-0.4, -0.2) is 40.8 Å². The van der Waals surface area contributed by atoms with E-state index in [2.05, 4.69) is 9.11 Å². The molecule has 1 rings (SSSR count). The van der Waals surface area contributed by atoms with Crippen molar-refractivity contribution in [3.8, 4) is 0 Å². The van der Waals surface area contributed by atoms with E-state index in [0.29, 0.717) is 10.5 Å². The maximum Gasteiger partial charge on any atom is 0.425 e. The van der Waals surface area contributed by atoms with Gasteiger partial charge in [-0.05, 0) is 60.0 Å². The molecule has 154 valence electrons. The molecule has 0 unspecified atom stereocenters. The molecule has 0 radical (unpaired) electrons. The summed E-state index contributed by atoms with van der Waals surface area (Å²) in [6.07, 6.45) is -1.88. The zero-order valence-corrected chi connectivity index (χ0v) is 18.6. The molecule has 2 amide bonds. The average molecular weight is 403 g/mol. The highest BCUT2D eigenvalue weighted by molar-refractivity contribution is 7.08. The summed E-state index contributed by atoms with van der Waals surface area (Å²) < 4.78 is 19.3. The summed E-state index contributed by atoms with van der Waals surface area (Å²) in [7, 11) is 1.24. The number of esters is 1. The maximum atomic E-state index is 12.5. The third-order valence-electron chi connectivity index (χ3n) is 2.63. The van der Waals surface area contributed by atoms with Crippen molar-refractivity contribution in [2.45, 2.75) is 73.5 Å². The summed E-state index contributed by atoms with van der Waals surface area (Å²) in [6, 6.07) is 0. The summed E-state index contributed by atoms with van der Waals surface area (Å²) in [4.78, 5) is 37.7. The molecule has 0 aliphatic carbocycles. The number of carbonyl (C=O) groups is 3. The Morgan fingerprint density at radius 2 is 1.33 bits per heavy atom. The second-order valence-electron chi connectivity index (χ2n) is 7.25. The number of nitrogens with zero attached hydrogens (tertiary/aromatic N) is 2. The first kappa shape index (κ1) is 24.8. The minimum atomic E-state index is -0.938. The zero-order chi connectivity index (χ0) is 21.6. The van der Waals surface area contributed by atoms with Gasteiger partial charge in [0.05, 0.1) is 7.11 Å². The second kappa shape index (κ2) is 9.68. The van der Waals surface area contributed by atoms with E-state index in [1.807, 2.05) is 13.8 Å². The van der Waals surface area contributed by atoms with Crippen molar-refractivity contribution < 1.29 is 28.6 Å². The van der Waals surface area contributed by atoms with Crippen LogP contribution in [0.2, 0.25) is 0 Å².